The third kappa shape index (κ3) is 3.58. The van der Waals surface area contributed by atoms with Gasteiger partial charge in [-0.1, -0.05) is 18.2 Å². The quantitative estimate of drug-likeness (QED) is 0.641. The number of carboxylic acid groups (broad SMARTS) is 1. The van der Waals surface area contributed by atoms with Crippen LogP contribution >= 0.6 is 0 Å². The molecule has 156 valence electrons. The topological polar surface area (TPSA) is 77.8 Å². The minimum Gasteiger partial charge on any atom is -0.543 e. The zero-order valence-corrected chi connectivity index (χ0v) is 17.1. The number of carboxylic acids is 1. The van der Waals surface area contributed by atoms with E-state index in [9.17, 15) is 14.7 Å². The highest BCUT2D eigenvalue weighted by atomic mass is 16.5. The summed E-state index contributed by atoms with van der Waals surface area (Å²) in [6, 6.07) is 15.3. The zero-order valence-electron chi connectivity index (χ0n) is 17.1. The van der Waals surface area contributed by atoms with E-state index in [1.165, 1.54) is 0 Å². The molecule has 1 fully saturated rings. The van der Waals surface area contributed by atoms with Gasteiger partial charge in [-0.3, -0.25) is 4.79 Å². The number of nitrogens with zero attached hydrogens (tertiary/aromatic N) is 3. The number of aromatic nitrogens is 1. The van der Waals surface area contributed by atoms with Crippen LogP contribution in [0.15, 0.2) is 48.5 Å². The molecule has 1 saturated heterocycles. The fourth-order valence-corrected chi connectivity index (χ4v) is 4.18. The van der Waals surface area contributed by atoms with Crippen molar-refractivity contribution in [2.45, 2.75) is 6.42 Å². The first-order valence-corrected chi connectivity index (χ1v) is 9.94. The minimum atomic E-state index is -1.26. The molecule has 4 rings (SSSR count). The Hall–Kier alpha value is -3.48. The molecule has 0 aliphatic carbocycles. The second-order valence-electron chi connectivity index (χ2n) is 7.43. The molecule has 1 aliphatic heterocycles. The summed E-state index contributed by atoms with van der Waals surface area (Å²) in [7, 11) is 3.33. The Morgan fingerprint density at radius 3 is 2.30 bits per heavy atom. The van der Waals surface area contributed by atoms with Crippen LogP contribution in [0.25, 0.3) is 10.9 Å². The summed E-state index contributed by atoms with van der Waals surface area (Å²) in [6.07, 6.45) is 0.0488. The van der Waals surface area contributed by atoms with Gasteiger partial charge in [-0.15, -0.1) is 0 Å². The van der Waals surface area contributed by atoms with Crippen molar-refractivity contribution in [3.05, 3.63) is 59.8 Å². The number of hydrogen-bond donors (Lipinski definition) is 0. The number of aryl methyl sites for hydroxylation is 1. The van der Waals surface area contributed by atoms with Crippen LogP contribution in [0.5, 0.6) is 5.75 Å². The Morgan fingerprint density at radius 2 is 1.67 bits per heavy atom. The molecule has 0 atom stereocenters. The van der Waals surface area contributed by atoms with Gasteiger partial charge in [0.25, 0.3) is 0 Å². The smallest absolute Gasteiger partial charge is 0.227 e. The van der Waals surface area contributed by atoms with E-state index in [4.69, 9.17) is 4.74 Å². The number of carbonyl (C=O) groups excluding carboxylic acids is 2. The first-order chi connectivity index (χ1) is 14.5. The summed E-state index contributed by atoms with van der Waals surface area (Å²) >= 11 is 0. The van der Waals surface area contributed by atoms with Crippen molar-refractivity contribution in [3.8, 4) is 5.75 Å². The predicted octanol–water partition coefficient (Wildman–Crippen LogP) is 1.44. The highest BCUT2D eigenvalue weighted by molar-refractivity contribution is 6.00. The van der Waals surface area contributed by atoms with E-state index in [0.29, 0.717) is 18.7 Å². The number of fused-ring (bicyclic) bond motifs is 1. The van der Waals surface area contributed by atoms with Gasteiger partial charge in [0, 0.05) is 49.8 Å². The summed E-state index contributed by atoms with van der Waals surface area (Å²) < 4.78 is 6.79. The number of benzene rings is 2. The number of ether oxygens (including phenoxy) is 1. The Bertz CT molecular complexity index is 1080. The largest absolute Gasteiger partial charge is 0.543 e. The van der Waals surface area contributed by atoms with Gasteiger partial charge in [-0.25, -0.2) is 0 Å². The molecule has 0 unspecified atom stereocenters. The Balaban J connectivity index is 1.48. The summed E-state index contributed by atoms with van der Waals surface area (Å²) in [4.78, 5) is 28.8. The van der Waals surface area contributed by atoms with Crippen molar-refractivity contribution in [1.82, 2.24) is 9.47 Å². The van der Waals surface area contributed by atoms with E-state index in [2.05, 4.69) is 4.90 Å². The van der Waals surface area contributed by atoms with Crippen LogP contribution in [0.4, 0.5) is 5.69 Å². The molecule has 2 heterocycles. The highest BCUT2D eigenvalue weighted by Crippen LogP contribution is 2.26. The zero-order chi connectivity index (χ0) is 21.3. The normalized spacial score (nSPS) is 14.2. The Morgan fingerprint density at radius 1 is 1.00 bits per heavy atom. The van der Waals surface area contributed by atoms with E-state index >= 15 is 0 Å². The fourth-order valence-electron chi connectivity index (χ4n) is 4.18. The van der Waals surface area contributed by atoms with Gasteiger partial charge < -0.3 is 29.0 Å². The summed E-state index contributed by atoms with van der Waals surface area (Å²) in [5, 5.41) is 12.5. The van der Waals surface area contributed by atoms with Crippen LogP contribution in [-0.2, 0) is 18.3 Å². The average Bonchev–Trinajstić information content (AvgIpc) is 3.06. The van der Waals surface area contributed by atoms with Crippen molar-refractivity contribution >= 4 is 28.5 Å². The number of aromatic carboxylic acids is 1. The SMILES string of the molecule is COc1ccc(N2CCN(C(=O)Cc3c(C(=O)[O-])n(C)c4ccccc34)CC2)cc1. The molecule has 30 heavy (non-hydrogen) atoms. The molecule has 0 bridgehead atoms. The number of hydrogen-bond acceptors (Lipinski definition) is 5. The number of anilines is 1. The number of piperazine rings is 1. The summed E-state index contributed by atoms with van der Waals surface area (Å²) in [5.41, 5.74) is 2.47. The first kappa shape index (κ1) is 19.8. The van der Waals surface area contributed by atoms with Crippen LogP contribution in [0.3, 0.4) is 0 Å². The van der Waals surface area contributed by atoms with Gasteiger partial charge >= 0.3 is 0 Å². The van der Waals surface area contributed by atoms with Crippen molar-refractivity contribution in [2.75, 3.05) is 38.2 Å². The second kappa shape index (κ2) is 8.10. The number of carbonyl (C=O) groups is 2. The lowest BCUT2D eigenvalue weighted by Crippen LogP contribution is -2.49. The van der Waals surface area contributed by atoms with Crippen LogP contribution < -0.4 is 14.7 Å². The standard InChI is InChI=1S/C23H25N3O4/c1-24-20-6-4-3-5-18(20)19(22(24)23(28)29)15-21(27)26-13-11-25(12-14-26)16-7-9-17(30-2)10-8-16/h3-10H,11-15H2,1-2H3,(H,28,29)/p-1. The number of rotatable bonds is 5. The number of para-hydroxylation sites is 1. The second-order valence-corrected chi connectivity index (χ2v) is 7.43. The molecular formula is C23H24N3O4-. The first-order valence-electron chi connectivity index (χ1n) is 9.94. The third-order valence-corrected chi connectivity index (χ3v) is 5.80. The molecule has 2 aromatic carbocycles. The van der Waals surface area contributed by atoms with Crippen LogP contribution in [0.1, 0.15) is 16.1 Å². The lowest BCUT2D eigenvalue weighted by atomic mass is 10.1. The van der Waals surface area contributed by atoms with E-state index in [1.54, 1.807) is 23.6 Å². The lowest BCUT2D eigenvalue weighted by molar-refractivity contribution is -0.255. The molecule has 7 nitrogen and oxygen atoms in total. The molecule has 3 aromatic rings. The maximum Gasteiger partial charge on any atom is 0.227 e. The molecule has 0 radical (unpaired) electrons. The Kier molecular flexibility index (Phi) is 5.35. The fraction of sp³-hybridized carbons (Fsp3) is 0.304. The molecule has 1 aliphatic rings. The van der Waals surface area contributed by atoms with E-state index in [0.717, 1.165) is 35.4 Å². The molecule has 0 N–H and O–H groups in total. The van der Waals surface area contributed by atoms with Crippen LogP contribution in [0.2, 0.25) is 0 Å². The van der Waals surface area contributed by atoms with Crippen molar-refractivity contribution < 1.29 is 19.4 Å². The van der Waals surface area contributed by atoms with Gasteiger partial charge in [0.05, 0.1) is 25.2 Å². The summed E-state index contributed by atoms with van der Waals surface area (Å²) in [5.74, 6) is -0.518. The van der Waals surface area contributed by atoms with E-state index < -0.39 is 5.97 Å². The summed E-state index contributed by atoms with van der Waals surface area (Å²) in [6.45, 7) is 2.63. The molecule has 7 heteroatoms. The minimum absolute atomic E-state index is 0.0488. The van der Waals surface area contributed by atoms with E-state index in [1.807, 2.05) is 48.5 Å². The average molecular weight is 406 g/mol. The monoisotopic (exact) mass is 406 g/mol. The molecule has 1 amide bonds. The van der Waals surface area contributed by atoms with Gasteiger partial charge in [0.1, 0.15) is 5.75 Å². The van der Waals surface area contributed by atoms with Crippen molar-refractivity contribution in [3.63, 3.8) is 0 Å². The van der Waals surface area contributed by atoms with Gasteiger partial charge in [-0.2, -0.15) is 0 Å². The van der Waals surface area contributed by atoms with Crippen molar-refractivity contribution in [1.29, 1.82) is 0 Å². The van der Waals surface area contributed by atoms with E-state index in [-0.39, 0.29) is 18.0 Å². The number of methoxy groups -OCH3 is 1. The van der Waals surface area contributed by atoms with Crippen LogP contribution in [-0.4, -0.2) is 54.6 Å². The van der Waals surface area contributed by atoms with Crippen molar-refractivity contribution in [2.24, 2.45) is 7.05 Å². The molecule has 0 saturated carbocycles. The highest BCUT2D eigenvalue weighted by Gasteiger charge is 2.24. The van der Waals surface area contributed by atoms with Gasteiger partial charge in [-0.05, 0) is 35.9 Å². The molecular weight excluding hydrogens is 382 g/mol. The number of amides is 1. The van der Waals surface area contributed by atoms with Gasteiger partial charge in [0.15, 0.2) is 0 Å². The lowest BCUT2D eigenvalue weighted by Gasteiger charge is -2.36. The van der Waals surface area contributed by atoms with Gasteiger partial charge in [0.2, 0.25) is 5.91 Å². The predicted molar refractivity (Wildman–Crippen MR) is 113 cm³/mol. The molecule has 1 aromatic heterocycles. The maximum absolute atomic E-state index is 13.0. The maximum atomic E-state index is 13.0. The Labute approximate surface area is 175 Å². The van der Waals surface area contributed by atoms with Crippen LogP contribution in [0, 0.1) is 0 Å². The molecule has 0 spiro atoms. The third-order valence-electron chi connectivity index (χ3n) is 5.80.